The maximum absolute atomic E-state index is 11.2. The molecule has 4 nitrogen and oxygen atoms in total. The summed E-state index contributed by atoms with van der Waals surface area (Å²) < 4.78 is 22.4. The second kappa shape index (κ2) is 8.03. The molecule has 98 valence electrons. The minimum atomic E-state index is -2.89. The number of hydrogen-bond acceptors (Lipinski definition) is 4. The third kappa shape index (κ3) is 6.45. The Morgan fingerprint density at radius 3 is 2.19 bits per heavy atom. The van der Waals surface area contributed by atoms with Crippen LogP contribution in [0.5, 0.6) is 0 Å². The molecule has 0 saturated carbocycles. The van der Waals surface area contributed by atoms with E-state index in [1.807, 2.05) is 0 Å². The molecule has 5 heteroatoms. The lowest BCUT2D eigenvalue weighted by Crippen LogP contribution is -2.35. The van der Waals surface area contributed by atoms with Gasteiger partial charge in [0.05, 0.1) is 11.9 Å². The molecule has 0 aliphatic heterocycles. The number of aliphatic hydroxyl groups is 1. The standard InChI is InChI=1S/C11H25NO3S/c1-4-10(5-2)11(13)9-12-7-8-16(14,15)6-3/h10-13H,4-9H2,1-3H3. The van der Waals surface area contributed by atoms with E-state index in [9.17, 15) is 13.5 Å². The second-order valence-corrected chi connectivity index (χ2v) is 6.56. The molecule has 0 heterocycles. The lowest BCUT2D eigenvalue weighted by Gasteiger charge is -2.20. The van der Waals surface area contributed by atoms with Crippen LogP contribution in [0.25, 0.3) is 0 Å². The summed E-state index contributed by atoms with van der Waals surface area (Å²) in [6.45, 7) is 6.66. The molecule has 0 aromatic heterocycles. The maximum Gasteiger partial charge on any atom is 0.151 e. The van der Waals surface area contributed by atoms with Crippen LogP contribution in [0.1, 0.15) is 33.6 Å². The van der Waals surface area contributed by atoms with E-state index in [0.29, 0.717) is 19.0 Å². The Labute approximate surface area is 99.4 Å². The number of nitrogens with one attached hydrogen (secondary N) is 1. The average molecular weight is 251 g/mol. The molecule has 2 N–H and O–H groups in total. The number of hydrogen-bond donors (Lipinski definition) is 2. The zero-order chi connectivity index (χ0) is 12.6. The molecular weight excluding hydrogens is 226 g/mol. The van der Waals surface area contributed by atoms with Gasteiger partial charge in [0.1, 0.15) is 0 Å². The van der Waals surface area contributed by atoms with Crippen LogP contribution >= 0.6 is 0 Å². The molecule has 0 radical (unpaired) electrons. The van der Waals surface area contributed by atoms with Crippen LogP contribution in [-0.2, 0) is 9.84 Å². The SMILES string of the molecule is CCC(CC)C(O)CNCCS(=O)(=O)CC. The van der Waals surface area contributed by atoms with E-state index < -0.39 is 9.84 Å². The third-order valence-corrected chi connectivity index (χ3v) is 4.68. The van der Waals surface area contributed by atoms with Gasteiger partial charge in [-0.1, -0.05) is 33.6 Å². The summed E-state index contributed by atoms with van der Waals surface area (Å²) in [5.74, 6) is 0.637. The van der Waals surface area contributed by atoms with Gasteiger partial charge in [-0.3, -0.25) is 0 Å². The highest BCUT2D eigenvalue weighted by atomic mass is 32.2. The fourth-order valence-electron chi connectivity index (χ4n) is 1.62. The molecule has 0 amide bonds. The van der Waals surface area contributed by atoms with E-state index in [1.165, 1.54) is 0 Å². The highest BCUT2D eigenvalue weighted by Crippen LogP contribution is 2.11. The Morgan fingerprint density at radius 2 is 1.75 bits per heavy atom. The van der Waals surface area contributed by atoms with Crippen molar-refractivity contribution in [2.45, 2.75) is 39.7 Å². The fourth-order valence-corrected chi connectivity index (χ4v) is 2.37. The first-order chi connectivity index (χ1) is 7.46. The summed E-state index contributed by atoms with van der Waals surface area (Å²) in [5.41, 5.74) is 0. The van der Waals surface area contributed by atoms with E-state index in [1.54, 1.807) is 6.92 Å². The number of sulfone groups is 1. The molecule has 0 spiro atoms. The van der Waals surface area contributed by atoms with Crippen LogP contribution in [0.3, 0.4) is 0 Å². The highest BCUT2D eigenvalue weighted by Gasteiger charge is 2.15. The van der Waals surface area contributed by atoms with Crippen molar-refractivity contribution in [2.24, 2.45) is 5.92 Å². The summed E-state index contributed by atoms with van der Waals surface area (Å²) in [6.07, 6.45) is 1.53. The molecule has 1 atom stereocenters. The van der Waals surface area contributed by atoms with Crippen LogP contribution in [0, 0.1) is 5.92 Å². The molecule has 0 aromatic carbocycles. The lowest BCUT2D eigenvalue weighted by molar-refractivity contribution is 0.102. The van der Waals surface area contributed by atoms with Crippen molar-refractivity contribution in [1.29, 1.82) is 0 Å². The zero-order valence-electron chi connectivity index (χ0n) is 10.6. The predicted molar refractivity (Wildman–Crippen MR) is 67.3 cm³/mol. The second-order valence-electron chi connectivity index (χ2n) is 4.08. The maximum atomic E-state index is 11.2. The fraction of sp³-hybridized carbons (Fsp3) is 1.00. The first-order valence-electron chi connectivity index (χ1n) is 6.06. The van der Waals surface area contributed by atoms with Gasteiger partial charge >= 0.3 is 0 Å². The predicted octanol–water partition coefficient (Wildman–Crippen LogP) is 0.808. The first kappa shape index (κ1) is 15.9. The van der Waals surface area contributed by atoms with E-state index in [4.69, 9.17) is 0 Å². The Hall–Kier alpha value is -0.130. The van der Waals surface area contributed by atoms with Gasteiger partial charge in [-0.05, 0) is 5.92 Å². The molecule has 0 aliphatic rings. The molecule has 0 bridgehead atoms. The Morgan fingerprint density at radius 1 is 1.19 bits per heavy atom. The summed E-state index contributed by atoms with van der Waals surface area (Å²) >= 11 is 0. The van der Waals surface area contributed by atoms with Crippen LogP contribution in [0.4, 0.5) is 0 Å². The van der Waals surface area contributed by atoms with Crippen molar-refractivity contribution in [3.63, 3.8) is 0 Å². The van der Waals surface area contributed by atoms with Gasteiger partial charge < -0.3 is 10.4 Å². The molecule has 1 unspecified atom stereocenters. The molecule has 0 saturated heterocycles. The van der Waals surface area contributed by atoms with Crippen LogP contribution in [0.15, 0.2) is 0 Å². The van der Waals surface area contributed by atoms with Gasteiger partial charge in [-0.25, -0.2) is 8.42 Å². The van der Waals surface area contributed by atoms with Gasteiger partial charge in [0.15, 0.2) is 9.84 Å². The molecular formula is C11H25NO3S. The summed E-state index contributed by atoms with van der Waals surface area (Å²) in [7, 11) is -2.89. The molecule has 0 fully saturated rings. The quantitative estimate of drug-likeness (QED) is 0.595. The first-order valence-corrected chi connectivity index (χ1v) is 7.88. The van der Waals surface area contributed by atoms with Gasteiger partial charge in [0, 0.05) is 18.8 Å². The summed E-state index contributed by atoms with van der Waals surface area (Å²) in [4.78, 5) is 0. The smallest absolute Gasteiger partial charge is 0.151 e. The van der Waals surface area contributed by atoms with Gasteiger partial charge in [0.25, 0.3) is 0 Å². The van der Waals surface area contributed by atoms with Gasteiger partial charge in [0.2, 0.25) is 0 Å². The van der Waals surface area contributed by atoms with E-state index in [-0.39, 0.29) is 17.6 Å². The largest absolute Gasteiger partial charge is 0.392 e. The van der Waals surface area contributed by atoms with E-state index >= 15 is 0 Å². The monoisotopic (exact) mass is 251 g/mol. The normalized spacial score (nSPS) is 14.3. The van der Waals surface area contributed by atoms with Crippen molar-refractivity contribution in [3.05, 3.63) is 0 Å². The van der Waals surface area contributed by atoms with Gasteiger partial charge in [-0.15, -0.1) is 0 Å². The minimum Gasteiger partial charge on any atom is -0.392 e. The summed E-state index contributed by atoms with van der Waals surface area (Å²) in [5, 5.41) is 12.8. The lowest BCUT2D eigenvalue weighted by atomic mass is 9.97. The third-order valence-electron chi connectivity index (χ3n) is 2.98. The van der Waals surface area contributed by atoms with Crippen molar-refractivity contribution < 1.29 is 13.5 Å². The highest BCUT2D eigenvalue weighted by molar-refractivity contribution is 7.91. The number of rotatable bonds is 9. The average Bonchev–Trinajstić information content (AvgIpc) is 2.26. The van der Waals surface area contributed by atoms with Crippen LogP contribution < -0.4 is 5.32 Å². The Kier molecular flexibility index (Phi) is 7.97. The van der Waals surface area contributed by atoms with Crippen molar-refractivity contribution in [2.75, 3.05) is 24.6 Å². The Balaban J connectivity index is 3.74. The van der Waals surface area contributed by atoms with Crippen molar-refractivity contribution in [1.82, 2.24) is 5.32 Å². The van der Waals surface area contributed by atoms with E-state index in [2.05, 4.69) is 19.2 Å². The van der Waals surface area contributed by atoms with Gasteiger partial charge in [-0.2, -0.15) is 0 Å². The number of aliphatic hydroxyl groups excluding tert-OH is 1. The summed E-state index contributed by atoms with van der Waals surface area (Å²) in [6, 6.07) is 0. The molecule has 0 aliphatic carbocycles. The molecule has 16 heavy (non-hydrogen) atoms. The minimum absolute atomic E-state index is 0.152. The molecule has 0 rings (SSSR count). The van der Waals surface area contributed by atoms with Crippen molar-refractivity contribution in [3.8, 4) is 0 Å². The topological polar surface area (TPSA) is 66.4 Å². The Bertz CT molecular complexity index is 260. The zero-order valence-corrected chi connectivity index (χ0v) is 11.4. The van der Waals surface area contributed by atoms with E-state index in [0.717, 1.165) is 12.8 Å². The molecule has 0 aromatic rings. The van der Waals surface area contributed by atoms with Crippen LogP contribution in [0.2, 0.25) is 0 Å². The van der Waals surface area contributed by atoms with Crippen molar-refractivity contribution >= 4 is 9.84 Å². The van der Waals surface area contributed by atoms with Crippen LogP contribution in [-0.4, -0.2) is 44.2 Å².